The number of esters is 1. The average molecular weight is 472 g/mol. The van der Waals surface area contributed by atoms with E-state index in [0.717, 1.165) is 5.56 Å². The Labute approximate surface area is 202 Å². The van der Waals surface area contributed by atoms with Crippen LogP contribution in [0, 0.1) is 0 Å². The first-order valence-corrected chi connectivity index (χ1v) is 11.7. The second-order valence-corrected chi connectivity index (χ2v) is 9.21. The van der Waals surface area contributed by atoms with Crippen molar-refractivity contribution in [2.45, 2.75) is 65.6 Å². The van der Waals surface area contributed by atoms with Crippen LogP contribution in [0.1, 0.15) is 58.6 Å². The molecule has 1 unspecified atom stereocenters. The number of rotatable bonds is 11. The number of carbonyl (C=O) groups excluding carboxylic acids is 2. The zero-order chi connectivity index (χ0) is 25.1. The van der Waals surface area contributed by atoms with Gasteiger partial charge in [-0.25, -0.2) is 9.59 Å². The Bertz CT molecular complexity index is 900. The van der Waals surface area contributed by atoms with Crippen LogP contribution in [0.3, 0.4) is 0 Å². The number of hydrogen-bond donors (Lipinski definition) is 1. The quantitative estimate of drug-likeness (QED) is 0.355. The molecule has 0 aromatic heterocycles. The SMILES string of the molecule is CCOC(=O)C(Cc1ccc(OCCNC(=O)OC(C)(C)C)cc1)Oc1ccc(C(C)C)cc1. The van der Waals surface area contributed by atoms with Gasteiger partial charge in [0, 0.05) is 6.42 Å². The minimum Gasteiger partial charge on any atom is -0.492 e. The van der Waals surface area contributed by atoms with E-state index in [2.05, 4.69) is 19.2 Å². The molecule has 0 spiro atoms. The Kier molecular flexibility index (Phi) is 10.2. The summed E-state index contributed by atoms with van der Waals surface area (Å²) in [6, 6.07) is 15.2. The molecule has 0 aliphatic heterocycles. The molecule has 2 aromatic rings. The molecule has 2 aromatic carbocycles. The molecule has 7 heteroatoms. The van der Waals surface area contributed by atoms with Crippen LogP contribution in [0.15, 0.2) is 48.5 Å². The molecule has 1 amide bonds. The van der Waals surface area contributed by atoms with Crippen molar-refractivity contribution in [3.63, 3.8) is 0 Å². The highest BCUT2D eigenvalue weighted by molar-refractivity contribution is 5.75. The molecular formula is C27H37NO6. The summed E-state index contributed by atoms with van der Waals surface area (Å²) in [5.41, 5.74) is 1.58. The maximum Gasteiger partial charge on any atom is 0.407 e. The summed E-state index contributed by atoms with van der Waals surface area (Å²) >= 11 is 0. The molecule has 0 radical (unpaired) electrons. The molecule has 0 fully saturated rings. The van der Waals surface area contributed by atoms with Crippen molar-refractivity contribution >= 4 is 12.1 Å². The van der Waals surface area contributed by atoms with Crippen molar-refractivity contribution in [1.82, 2.24) is 5.32 Å². The Morgan fingerprint density at radius 1 is 0.941 bits per heavy atom. The first-order valence-electron chi connectivity index (χ1n) is 11.7. The normalized spacial score (nSPS) is 12.1. The molecule has 1 atom stereocenters. The average Bonchev–Trinajstić information content (AvgIpc) is 2.76. The Morgan fingerprint density at radius 2 is 1.56 bits per heavy atom. The first kappa shape index (κ1) is 27.0. The molecule has 0 aliphatic rings. The van der Waals surface area contributed by atoms with Gasteiger partial charge in [0.15, 0.2) is 6.10 Å². The molecule has 0 saturated carbocycles. The minimum absolute atomic E-state index is 0.287. The molecular weight excluding hydrogens is 434 g/mol. The van der Waals surface area contributed by atoms with Crippen molar-refractivity contribution in [3.8, 4) is 11.5 Å². The summed E-state index contributed by atoms with van der Waals surface area (Å²) in [5.74, 6) is 1.31. The van der Waals surface area contributed by atoms with Crippen molar-refractivity contribution in [2.24, 2.45) is 0 Å². The summed E-state index contributed by atoms with van der Waals surface area (Å²) in [7, 11) is 0. The third-order valence-corrected chi connectivity index (χ3v) is 4.76. The van der Waals surface area contributed by atoms with E-state index >= 15 is 0 Å². The van der Waals surface area contributed by atoms with Gasteiger partial charge < -0.3 is 24.3 Å². The van der Waals surface area contributed by atoms with Crippen LogP contribution in [0.25, 0.3) is 0 Å². The van der Waals surface area contributed by atoms with Crippen LogP contribution in [-0.4, -0.2) is 43.5 Å². The monoisotopic (exact) mass is 471 g/mol. The van der Waals surface area contributed by atoms with Gasteiger partial charge in [0.05, 0.1) is 13.2 Å². The molecule has 2 rings (SSSR count). The van der Waals surface area contributed by atoms with E-state index in [1.165, 1.54) is 5.56 Å². The Hall–Kier alpha value is -3.22. The number of nitrogens with one attached hydrogen (secondary N) is 1. The van der Waals surface area contributed by atoms with Crippen molar-refractivity contribution < 1.29 is 28.5 Å². The van der Waals surface area contributed by atoms with Gasteiger partial charge >= 0.3 is 12.1 Å². The van der Waals surface area contributed by atoms with Gasteiger partial charge in [-0.15, -0.1) is 0 Å². The minimum atomic E-state index is -0.755. The largest absolute Gasteiger partial charge is 0.492 e. The maximum atomic E-state index is 12.5. The highest BCUT2D eigenvalue weighted by atomic mass is 16.6. The van der Waals surface area contributed by atoms with Crippen molar-refractivity contribution in [1.29, 1.82) is 0 Å². The zero-order valence-corrected chi connectivity index (χ0v) is 21.1. The van der Waals surface area contributed by atoms with Crippen LogP contribution in [-0.2, 0) is 20.7 Å². The van der Waals surface area contributed by atoms with E-state index in [1.54, 1.807) is 6.92 Å². The molecule has 34 heavy (non-hydrogen) atoms. The van der Waals surface area contributed by atoms with Gasteiger partial charge in [0.1, 0.15) is 23.7 Å². The topological polar surface area (TPSA) is 83.1 Å². The van der Waals surface area contributed by atoms with Crippen molar-refractivity contribution in [3.05, 3.63) is 59.7 Å². The number of ether oxygens (including phenoxy) is 4. The van der Waals surface area contributed by atoms with Gasteiger partial charge in [-0.3, -0.25) is 0 Å². The van der Waals surface area contributed by atoms with Crippen LogP contribution >= 0.6 is 0 Å². The predicted molar refractivity (Wildman–Crippen MR) is 131 cm³/mol. The van der Waals surface area contributed by atoms with Gasteiger partial charge in [0.2, 0.25) is 0 Å². The van der Waals surface area contributed by atoms with Crippen molar-refractivity contribution in [2.75, 3.05) is 19.8 Å². The van der Waals surface area contributed by atoms with Crippen LogP contribution in [0.2, 0.25) is 0 Å². The third-order valence-electron chi connectivity index (χ3n) is 4.76. The Morgan fingerprint density at radius 3 is 2.12 bits per heavy atom. The molecule has 0 bridgehead atoms. The summed E-state index contributed by atoms with van der Waals surface area (Å²) in [5, 5.41) is 2.65. The lowest BCUT2D eigenvalue weighted by atomic mass is 10.0. The summed E-state index contributed by atoms with van der Waals surface area (Å²) in [6.07, 6.45) is -0.865. The lowest BCUT2D eigenvalue weighted by Crippen LogP contribution is -2.34. The molecule has 0 aliphatic carbocycles. The summed E-state index contributed by atoms with van der Waals surface area (Å²) in [6.45, 7) is 12.4. The fourth-order valence-electron chi connectivity index (χ4n) is 3.08. The fraction of sp³-hybridized carbons (Fsp3) is 0.481. The van der Waals surface area contributed by atoms with Crippen LogP contribution < -0.4 is 14.8 Å². The number of amides is 1. The number of carbonyl (C=O) groups is 2. The predicted octanol–water partition coefficient (Wildman–Crippen LogP) is 5.27. The van der Waals surface area contributed by atoms with E-state index in [0.29, 0.717) is 37.0 Å². The maximum absolute atomic E-state index is 12.5. The third kappa shape index (κ3) is 9.73. The summed E-state index contributed by atoms with van der Waals surface area (Å²) < 4.78 is 22.0. The van der Waals surface area contributed by atoms with Gasteiger partial charge in [-0.1, -0.05) is 38.1 Å². The molecule has 0 heterocycles. The number of alkyl carbamates (subject to hydrolysis) is 1. The second kappa shape index (κ2) is 12.9. The van der Waals surface area contributed by atoms with Gasteiger partial charge in [-0.05, 0) is 69.0 Å². The second-order valence-electron chi connectivity index (χ2n) is 9.21. The zero-order valence-electron chi connectivity index (χ0n) is 21.1. The lowest BCUT2D eigenvalue weighted by Gasteiger charge is -2.19. The van der Waals surface area contributed by atoms with Crippen LogP contribution in [0.5, 0.6) is 11.5 Å². The fourth-order valence-corrected chi connectivity index (χ4v) is 3.08. The van der Waals surface area contributed by atoms with E-state index in [9.17, 15) is 9.59 Å². The molecule has 0 saturated heterocycles. The standard InChI is InChI=1S/C27H37NO6/c1-7-31-25(29)24(33-23-14-10-21(11-15-23)19(2)3)18-20-8-12-22(13-9-20)32-17-16-28-26(30)34-27(4,5)6/h8-15,19,24H,7,16-18H2,1-6H3,(H,28,30). The highest BCUT2D eigenvalue weighted by Crippen LogP contribution is 2.21. The number of hydrogen-bond acceptors (Lipinski definition) is 6. The molecule has 1 N–H and O–H groups in total. The van der Waals surface area contributed by atoms with E-state index in [-0.39, 0.29) is 6.61 Å². The highest BCUT2D eigenvalue weighted by Gasteiger charge is 2.23. The Balaban J connectivity index is 1.91. The molecule has 7 nitrogen and oxygen atoms in total. The van der Waals surface area contributed by atoms with Crippen LogP contribution in [0.4, 0.5) is 4.79 Å². The van der Waals surface area contributed by atoms with E-state index in [1.807, 2.05) is 69.3 Å². The smallest absolute Gasteiger partial charge is 0.407 e. The van der Waals surface area contributed by atoms with E-state index < -0.39 is 23.8 Å². The summed E-state index contributed by atoms with van der Waals surface area (Å²) in [4.78, 5) is 24.2. The first-order chi connectivity index (χ1) is 16.1. The van der Waals surface area contributed by atoms with E-state index in [4.69, 9.17) is 18.9 Å². The van der Waals surface area contributed by atoms with Gasteiger partial charge in [-0.2, -0.15) is 0 Å². The number of benzene rings is 2. The molecule has 186 valence electrons. The lowest BCUT2D eigenvalue weighted by molar-refractivity contribution is -0.151. The van der Waals surface area contributed by atoms with Gasteiger partial charge in [0.25, 0.3) is 0 Å².